The summed E-state index contributed by atoms with van der Waals surface area (Å²) >= 11 is 1.37. The summed E-state index contributed by atoms with van der Waals surface area (Å²) in [6, 6.07) is 5.23. The highest BCUT2D eigenvalue weighted by Crippen LogP contribution is 2.35. The van der Waals surface area contributed by atoms with Gasteiger partial charge < -0.3 is 5.11 Å². The number of rotatable bonds is 2. The molecule has 2 aromatic rings. The second-order valence-electron chi connectivity index (χ2n) is 5.65. The Hall–Kier alpha value is -1.33. The maximum atomic E-state index is 13.2. The molecule has 2 rings (SSSR count). The van der Waals surface area contributed by atoms with Crippen LogP contribution in [0.3, 0.4) is 0 Å². The molecular formula is C15H15F3OS. The maximum Gasteiger partial charge on any atom is 0.194 e. The van der Waals surface area contributed by atoms with E-state index in [4.69, 9.17) is 0 Å². The molecule has 1 aromatic carbocycles. The minimum Gasteiger partial charge on any atom is -0.383 e. The molecule has 0 radical (unpaired) electrons. The summed E-state index contributed by atoms with van der Waals surface area (Å²) in [5.74, 6) is -4.12. The molecule has 0 aliphatic rings. The molecule has 1 heterocycles. The predicted octanol–water partition coefficient (Wildman–Crippen LogP) is 4.54. The largest absolute Gasteiger partial charge is 0.383 e. The lowest BCUT2D eigenvalue weighted by atomic mass is 9.95. The van der Waals surface area contributed by atoms with E-state index in [1.165, 1.54) is 11.3 Å². The molecule has 0 aliphatic heterocycles. The van der Waals surface area contributed by atoms with Gasteiger partial charge in [-0.25, -0.2) is 13.2 Å². The van der Waals surface area contributed by atoms with Gasteiger partial charge in [-0.1, -0.05) is 20.8 Å². The van der Waals surface area contributed by atoms with Crippen molar-refractivity contribution >= 4 is 11.3 Å². The van der Waals surface area contributed by atoms with Gasteiger partial charge in [0.15, 0.2) is 17.5 Å². The van der Waals surface area contributed by atoms with Crippen molar-refractivity contribution in [1.29, 1.82) is 0 Å². The molecule has 0 bridgehead atoms. The van der Waals surface area contributed by atoms with E-state index in [0.717, 1.165) is 17.0 Å². The first-order valence-electron chi connectivity index (χ1n) is 6.13. The van der Waals surface area contributed by atoms with E-state index < -0.39 is 23.6 Å². The van der Waals surface area contributed by atoms with Crippen molar-refractivity contribution in [1.82, 2.24) is 0 Å². The lowest BCUT2D eigenvalue weighted by Crippen LogP contribution is -2.08. The van der Waals surface area contributed by atoms with Crippen LogP contribution in [0.5, 0.6) is 0 Å². The number of thiophene rings is 1. The van der Waals surface area contributed by atoms with Crippen molar-refractivity contribution < 1.29 is 18.3 Å². The molecule has 5 heteroatoms. The molecule has 0 spiro atoms. The van der Waals surface area contributed by atoms with Crippen LogP contribution in [0.1, 0.15) is 42.2 Å². The quantitative estimate of drug-likeness (QED) is 0.807. The van der Waals surface area contributed by atoms with Gasteiger partial charge in [0, 0.05) is 9.75 Å². The molecule has 108 valence electrons. The van der Waals surface area contributed by atoms with Crippen LogP contribution in [0.2, 0.25) is 0 Å². The van der Waals surface area contributed by atoms with Gasteiger partial charge in [0.05, 0.1) is 0 Å². The Kier molecular flexibility index (Phi) is 3.93. The molecule has 20 heavy (non-hydrogen) atoms. The van der Waals surface area contributed by atoms with Gasteiger partial charge in [-0.15, -0.1) is 11.3 Å². The summed E-state index contributed by atoms with van der Waals surface area (Å²) in [4.78, 5) is 1.62. The fourth-order valence-electron chi connectivity index (χ4n) is 1.80. The van der Waals surface area contributed by atoms with Gasteiger partial charge in [-0.2, -0.15) is 0 Å². The van der Waals surface area contributed by atoms with Crippen molar-refractivity contribution in [2.45, 2.75) is 32.3 Å². The summed E-state index contributed by atoms with van der Waals surface area (Å²) in [5, 5.41) is 10.2. The first-order chi connectivity index (χ1) is 9.20. The summed E-state index contributed by atoms with van der Waals surface area (Å²) in [5.41, 5.74) is -0.0641. The van der Waals surface area contributed by atoms with Crippen molar-refractivity contribution in [3.05, 3.63) is 57.0 Å². The van der Waals surface area contributed by atoms with Crippen LogP contribution in [-0.4, -0.2) is 5.11 Å². The second kappa shape index (κ2) is 5.22. The third kappa shape index (κ3) is 2.88. The zero-order chi connectivity index (χ0) is 15.1. The highest BCUT2D eigenvalue weighted by atomic mass is 32.1. The molecule has 1 unspecified atom stereocenters. The molecule has 1 N–H and O–H groups in total. The molecule has 0 saturated carbocycles. The van der Waals surface area contributed by atoms with Crippen LogP contribution >= 0.6 is 11.3 Å². The Morgan fingerprint density at radius 1 is 1.05 bits per heavy atom. The number of hydrogen-bond acceptors (Lipinski definition) is 2. The van der Waals surface area contributed by atoms with Crippen molar-refractivity contribution in [2.75, 3.05) is 0 Å². The Labute approximate surface area is 119 Å². The van der Waals surface area contributed by atoms with Gasteiger partial charge in [0.1, 0.15) is 6.10 Å². The molecule has 0 aliphatic carbocycles. The van der Waals surface area contributed by atoms with Crippen molar-refractivity contribution in [3.63, 3.8) is 0 Å². The van der Waals surface area contributed by atoms with Crippen molar-refractivity contribution in [3.8, 4) is 0 Å². The van der Waals surface area contributed by atoms with E-state index in [1.54, 1.807) is 6.07 Å². The number of benzene rings is 1. The highest BCUT2D eigenvalue weighted by molar-refractivity contribution is 7.12. The average molecular weight is 300 g/mol. The standard InChI is InChI=1S/C15H15F3OS/c1-15(2,3)12-5-4-11(20-12)14(19)8-6-9(16)13(18)10(17)7-8/h4-7,14,19H,1-3H3. The monoisotopic (exact) mass is 300 g/mol. The van der Waals surface area contributed by atoms with E-state index >= 15 is 0 Å². The number of halogens is 3. The first-order valence-corrected chi connectivity index (χ1v) is 6.94. The zero-order valence-electron chi connectivity index (χ0n) is 11.4. The zero-order valence-corrected chi connectivity index (χ0v) is 12.2. The van der Waals surface area contributed by atoms with Crippen molar-refractivity contribution in [2.24, 2.45) is 0 Å². The van der Waals surface area contributed by atoms with E-state index in [-0.39, 0.29) is 11.0 Å². The van der Waals surface area contributed by atoms with Crippen LogP contribution in [0.4, 0.5) is 13.2 Å². The second-order valence-corrected chi connectivity index (χ2v) is 6.77. The Balaban J connectivity index is 2.36. The molecule has 1 atom stereocenters. The summed E-state index contributed by atoms with van der Waals surface area (Å²) < 4.78 is 39.3. The molecule has 0 amide bonds. The first kappa shape index (κ1) is 15.1. The van der Waals surface area contributed by atoms with E-state index in [0.29, 0.717) is 4.88 Å². The number of hydrogen-bond donors (Lipinski definition) is 1. The SMILES string of the molecule is CC(C)(C)c1ccc(C(O)c2cc(F)c(F)c(F)c2)s1. The molecule has 0 fully saturated rings. The predicted molar refractivity (Wildman–Crippen MR) is 73.4 cm³/mol. The number of aliphatic hydroxyl groups is 1. The maximum absolute atomic E-state index is 13.2. The third-order valence-electron chi connectivity index (χ3n) is 2.96. The summed E-state index contributed by atoms with van der Waals surface area (Å²) in [7, 11) is 0. The van der Waals surface area contributed by atoms with E-state index in [2.05, 4.69) is 0 Å². The lowest BCUT2D eigenvalue weighted by molar-refractivity contribution is 0.222. The summed E-state index contributed by atoms with van der Waals surface area (Å²) in [6.45, 7) is 6.10. The molecule has 1 nitrogen and oxygen atoms in total. The Morgan fingerprint density at radius 2 is 1.60 bits per heavy atom. The van der Waals surface area contributed by atoms with Gasteiger partial charge in [-0.05, 0) is 35.2 Å². The van der Waals surface area contributed by atoms with Gasteiger partial charge >= 0.3 is 0 Å². The van der Waals surface area contributed by atoms with Gasteiger partial charge in [-0.3, -0.25) is 0 Å². The highest BCUT2D eigenvalue weighted by Gasteiger charge is 2.21. The van der Waals surface area contributed by atoms with E-state index in [1.807, 2.05) is 26.8 Å². The van der Waals surface area contributed by atoms with E-state index in [9.17, 15) is 18.3 Å². The topological polar surface area (TPSA) is 20.2 Å². The summed E-state index contributed by atoms with van der Waals surface area (Å²) in [6.07, 6.45) is -1.17. The Morgan fingerprint density at radius 3 is 2.05 bits per heavy atom. The lowest BCUT2D eigenvalue weighted by Gasteiger charge is -2.16. The van der Waals surface area contributed by atoms with Crippen LogP contribution in [-0.2, 0) is 5.41 Å². The normalized spacial score (nSPS) is 13.6. The minimum absolute atomic E-state index is 0.00343. The third-order valence-corrected chi connectivity index (χ3v) is 4.52. The molecular weight excluding hydrogens is 285 g/mol. The smallest absolute Gasteiger partial charge is 0.194 e. The minimum atomic E-state index is -1.53. The fourth-order valence-corrected chi connectivity index (χ4v) is 2.88. The van der Waals surface area contributed by atoms with Gasteiger partial charge in [0.25, 0.3) is 0 Å². The Bertz CT molecular complexity index is 605. The molecule has 1 aromatic heterocycles. The fraction of sp³-hybridized carbons (Fsp3) is 0.333. The van der Waals surface area contributed by atoms with Gasteiger partial charge in [0.2, 0.25) is 0 Å². The van der Waals surface area contributed by atoms with Crippen LogP contribution in [0.15, 0.2) is 24.3 Å². The molecule has 0 saturated heterocycles. The van der Waals surface area contributed by atoms with Crippen LogP contribution < -0.4 is 0 Å². The number of aliphatic hydroxyl groups excluding tert-OH is 1. The van der Waals surface area contributed by atoms with Crippen LogP contribution in [0.25, 0.3) is 0 Å². The van der Waals surface area contributed by atoms with Crippen LogP contribution in [0, 0.1) is 17.5 Å². The average Bonchev–Trinajstić information content (AvgIpc) is 2.83.